The minimum absolute atomic E-state index is 0. The maximum Gasteiger partial charge on any atom is 0.203 e. The highest BCUT2D eigenvalue weighted by Crippen LogP contribution is 2.26. The molecule has 0 saturated carbocycles. The smallest absolute Gasteiger partial charge is 0.203 e. The lowest BCUT2D eigenvalue weighted by Gasteiger charge is -1.98. The molecule has 3 aromatic rings. The summed E-state index contributed by atoms with van der Waals surface area (Å²) in [6.07, 6.45) is 1.64. The molecule has 8 heteroatoms. The molecule has 0 bridgehead atoms. The lowest BCUT2D eigenvalue weighted by Crippen LogP contribution is -1.91. The van der Waals surface area contributed by atoms with E-state index in [1.807, 2.05) is 35.7 Å². The van der Waals surface area contributed by atoms with E-state index in [1.54, 1.807) is 18.3 Å². The second-order valence-electron chi connectivity index (χ2n) is 4.58. The van der Waals surface area contributed by atoms with Crippen molar-refractivity contribution in [3.05, 3.63) is 67.9 Å². The Bertz CT molecular complexity index is 851. The van der Waals surface area contributed by atoms with Gasteiger partial charge in [0.15, 0.2) is 0 Å². The van der Waals surface area contributed by atoms with Gasteiger partial charge < -0.3 is 0 Å². The molecule has 0 radical (unpaired) electrons. The van der Waals surface area contributed by atoms with Crippen molar-refractivity contribution in [3.8, 4) is 11.3 Å². The largest absolute Gasteiger partial charge is 0.253 e. The molecule has 3 rings (SSSR count). The number of nitrogens with one attached hydrogen (secondary N) is 1. The van der Waals surface area contributed by atoms with E-state index in [2.05, 4.69) is 31.4 Å². The monoisotopic (exact) mass is 505 g/mol. The van der Waals surface area contributed by atoms with Gasteiger partial charge in [-0.1, -0.05) is 57.3 Å². The Morgan fingerprint density at radius 1 is 1.12 bits per heavy atom. The fraction of sp³-hybridized carbons (Fsp3) is 0. The molecule has 0 unspecified atom stereocenters. The van der Waals surface area contributed by atoms with Crippen LogP contribution in [0, 0.1) is 0 Å². The normalized spacial score (nSPS) is 10.6. The molecule has 1 heterocycles. The van der Waals surface area contributed by atoms with Crippen molar-refractivity contribution in [1.29, 1.82) is 0 Å². The van der Waals surface area contributed by atoms with E-state index in [4.69, 9.17) is 23.2 Å². The number of nitrogens with zero attached hydrogens (tertiary/aromatic N) is 2. The second-order valence-corrected chi connectivity index (χ2v) is 7.20. The molecule has 0 aliphatic rings. The standard InChI is InChI=1S/C16H10BrCl2N3S.BrH/c17-12-4-1-10(2-5-12)15-9-23-16(21-15)22-20-8-11-3-6-13(18)7-14(11)19;/h1-9H,(H,21,22);1H/b20-8+;. The van der Waals surface area contributed by atoms with Gasteiger partial charge in [0.05, 0.1) is 16.9 Å². The van der Waals surface area contributed by atoms with Crippen molar-refractivity contribution >= 4 is 78.8 Å². The van der Waals surface area contributed by atoms with Gasteiger partial charge in [-0.2, -0.15) is 5.10 Å². The fourth-order valence-electron chi connectivity index (χ4n) is 1.84. The predicted octanol–water partition coefficient (Wildman–Crippen LogP) is 6.90. The molecule has 2 aromatic carbocycles. The van der Waals surface area contributed by atoms with Crippen molar-refractivity contribution in [1.82, 2.24) is 4.98 Å². The number of thiazole rings is 1. The van der Waals surface area contributed by atoms with Gasteiger partial charge in [-0.3, -0.25) is 5.43 Å². The Morgan fingerprint density at radius 2 is 1.88 bits per heavy atom. The molecule has 0 aliphatic heterocycles. The molecule has 0 amide bonds. The summed E-state index contributed by atoms with van der Waals surface area (Å²) in [5, 5.41) is 8.01. The average Bonchev–Trinajstić information content (AvgIpc) is 2.99. The van der Waals surface area contributed by atoms with Crippen LogP contribution >= 0.6 is 67.5 Å². The summed E-state index contributed by atoms with van der Waals surface area (Å²) in [6.45, 7) is 0. The van der Waals surface area contributed by atoms with E-state index in [9.17, 15) is 0 Å². The molecule has 0 fully saturated rings. The van der Waals surface area contributed by atoms with Crippen molar-refractivity contribution in [2.45, 2.75) is 0 Å². The van der Waals surface area contributed by atoms with Gasteiger partial charge in [0, 0.05) is 26.0 Å². The molecule has 24 heavy (non-hydrogen) atoms. The number of halogens is 4. The van der Waals surface area contributed by atoms with E-state index >= 15 is 0 Å². The predicted molar refractivity (Wildman–Crippen MR) is 113 cm³/mol. The summed E-state index contributed by atoms with van der Waals surface area (Å²) in [6, 6.07) is 13.3. The van der Waals surface area contributed by atoms with Crippen molar-refractivity contribution in [2.24, 2.45) is 5.10 Å². The number of anilines is 1. The summed E-state index contributed by atoms with van der Waals surface area (Å²) in [5.41, 5.74) is 5.66. The molecule has 0 aliphatic carbocycles. The molecule has 0 atom stereocenters. The van der Waals surface area contributed by atoms with Gasteiger partial charge in [0.2, 0.25) is 5.13 Å². The summed E-state index contributed by atoms with van der Waals surface area (Å²) in [4.78, 5) is 4.50. The Kier molecular flexibility index (Phi) is 7.25. The van der Waals surface area contributed by atoms with Gasteiger partial charge in [-0.25, -0.2) is 4.98 Å². The van der Waals surface area contributed by atoms with Gasteiger partial charge >= 0.3 is 0 Å². The summed E-state index contributed by atoms with van der Waals surface area (Å²) in [5.74, 6) is 0. The summed E-state index contributed by atoms with van der Waals surface area (Å²) >= 11 is 16.9. The Labute approximate surface area is 172 Å². The Morgan fingerprint density at radius 3 is 2.58 bits per heavy atom. The third-order valence-corrected chi connectivity index (χ3v) is 4.81. The lowest BCUT2D eigenvalue weighted by molar-refractivity contribution is 1.29. The lowest BCUT2D eigenvalue weighted by atomic mass is 10.2. The fourth-order valence-corrected chi connectivity index (χ4v) is 3.23. The van der Waals surface area contributed by atoms with Crippen LogP contribution in [0.1, 0.15) is 5.56 Å². The zero-order valence-electron chi connectivity index (χ0n) is 12.0. The minimum Gasteiger partial charge on any atom is -0.253 e. The average molecular weight is 508 g/mol. The highest BCUT2D eigenvalue weighted by atomic mass is 79.9. The van der Waals surface area contributed by atoms with Crippen LogP contribution in [0.2, 0.25) is 10.0 Å². The molecule has 3 nitrogen and oxygen atoms in total. The number of hydrazone groups is 1. The van der Waals surface area contributed by atoms with Gasteiger partial charge in [0.25, 0.3) is 0 Å². The van der Waals surface area contributed by atoms with E-state index < -0.39 is 0 Å². The number of hydrogen-bond acceptors (Lipinski definition) is 4. The second kappa shape index (κ2) is 8.97. The van der Waals surface area contributed by atoms with E-state index in [0.717, 1.165) is 21.3 Å². The van der Waals surface area contributed by atoms with Crippen molar-refractivity contribution in [3.63, 3.8) is 0 Å². The Hall–Kier alpha value is -0.920. The van der Waals surface area contributed by atoms with Crippen LogP contribution < -0.4 is 5.43 Å². The number of rotatable bonds is 4. The Balaban J connectivity index is 0.00000208. The van der Waals surface area contributed by atoms with Gasteiger partial charge in [-0.15, -0.1) is 28.3 Å². The first kappa shape index (κ1) is 19.4. The molecule has 0 spiro atoms. The zero-order chi connectivity index (χ0) is 16.2. The number of benzene rings is 2. The summed E-state index contributed by atoms with van der Waals surface area (Å²) in [7, 11) is 0. The first-order chi connectivity index (χ1) is 11.1. The maximum atomic E-state index is 6.09. The van der Waals surface area contributed by atoms with Crippen LogP contribution in [0.5, 0.6) is 0 Å². The highest BCUT2D eigenvalue weighted by molar-refractivity contribution is 9.10. The van der Waals surface area contributed by atoms with Gasteiger partial charge in [0.1, 0.15) is 0 Å². The van der Waals surface area contributed by atoms with Crippen LogP contribution in [0.25, 0.3) is 11.3 Å². The molecule has 1 aromatic heterocycles. The van der Waals surface area contributed by atoms with Crippen molar-refractivity contribution < 1.29 is 0 Å². The summed E-state index contributed by atoms with van der Waals surface area (Å²) < 4.78 is 1.04. The minimum atomic E-state index is 0. The number of hydrogen-bond donors (Lipinski definition) is 1. The first-order valence-corrected chi connectivity index (χ1v) is 9.00. The van der Waals surface area contributed by atoms with Crippen molar-refractivity contribution in [2.75, 3.05) is 5.43 Å². The SMILES string of the molecule is Br.Clc1ccc(/C=N/Nc2nc(-c3ccc(Br)cc3)cs2)c(Cl)c1. The van der Waals surface area contributed by atoms with E-state index in [-0.39, 0.29) is 17.0 Å². The molecule has 1 N–H and O–H groups in total. The number of aromatic nitrogens is 1. The zero-order valence-corrected chi connectivity index (χ0v) is 17.7. The molecule has 0 saturated heterocycles. The van der Waals surface area contributed by atoms with Crippen LogP contribution in [-0.2, 0) is 0 Å². The van der Waals surface area contributed by atoms with E-state index in [0.29, 0.717) is 15.2 Å². The first-order valence-electron chi connectivity index (χ1n) is 6.57. The molecule has 124 valence electrons. The highest BCUT2D eigenvalue weighted by Gasteiger charge is 2.04. The van der Waals surface area contributed by atoms with Crippen LogP contribution in [0.15, 0.2) is 57.4 Å². The third-order valence-electron chi connectivity index (χ3n) is 2.97. The van der Waals surface area contributed by atoms with Crippen LogP contribution in [-0.4, -0.2) is 11.2 Å². The van der Waals surface area contributed by atoms with E-state index in [1.165, 1.54) is 11.3 Å². The topological polar surface area (TPSA) is 37.3 Å². The quantitative estimate of drug-likeness (QED) is 0.308. The third kappa shape index (κ3) is 5.04. The van der Waals surface area contributed by atoms with Gasteiger partial charge in [-0.05, 0) is 24.3 Å². The molecular formula is C16H11Br2Cl2N3S. The molecular weight excluding hydrogens is 497 g/mol. The van der Waals surface area contributed by atoms with Crippen LogP contribution in [0.3, 0.4) is 0 Å². The van der Waals surface area contributed by atoms with Crippen LogP contribution in [0.4, 0.5) is 5.13 Å². The maximum absolute atomic E-state index is 6.09.